The van der Waals surface area contributed by atoms with Gasteiger partial charge in [-0.1, -0.05) is 91.0 Å². The second-order valence-electron chi connectivity index (χ2n) is 13.0. The van der Waals surface area contributed by atoms with Crippen LogP contribution in [0.15, 0.2) is 186 Å². The molecule has 2 N–H and O–H groups in total. The van der Waals surface area contributed by atoms with Gasteiger partial charge in [0, 0.05) is 40.6 Å². The Kier molecular flexibility index (Phi) is 11.1. The molecule has 7 aromatic rings. The van der Waals surface area contributed by atoms with Crippen LogP contribution in [-0.2, 0) is 25.7 Å². The van der Waals surface area contributed by atoms with Gasteiger partial charge in [-0.25, -0.2) is 0 Å². The van der Waals surface area contributed by atoms with E-state index in [-0.39, 0.29) is 11.5 Å². The highest BCUT2D eigenvalue weighted by atomic mass is 16.3. The number of anilines is 3. The number of phenols is 2. The maximum atomic E-state index is 9.98. The lowest BCUT2D eigenvalue weighted by Gasteiger charge is -2.26. The Bertz CT molecular complexity index is 2130. The molecule has 5 heteroatoms. The minimum atomic E-state index is 0.226. The van der Waals surface area contributed by atoms with Crippen molar-refractivity contribution in [1.82, 2.24) is 0 Å². The van der Waals surface area contributed by atoms with Crippen molar-refractivity contribution in [2.24, 2.45) is 9.98 Å². The first-order valence-corrected chi connectivity index (χ1v) is 17.9. The van der Waals surface area contributed by atoms with Crippen LogP contribution in [0.2, 0.25) is 0 Å². The standard InChI is InChI=1S/C48H41N3O2/c52-47-12-6-4-8-40(47)34-49-42-26-18-36(19-27-42)14-16-38-22-30-45(31-23-38)51(44-10-2-1-3-11-44)46-32-24-39(25-33-46)17-15-37-20-28-43(29-21-37)50-35-41-9-5-7-13-48(41)53/h1-13,18-35,52-53H,14-17H2. The molecule has 0 aliphatic rings. The molecule has 0 heterocycles. The molecule has 0 atom stereocenters. The maximum Gasteiger partial charge on any atom is 0.124 e. The molecule has 0 aromatic heterocycles. The molecule has 0 fully saturated rings. The van der Waals surface area contributed by atoms with Gasteiger partial charge in [-0.15, -0.1) is 0 Å². The van der Waals surface area contributed by atoms with Crippen molar-refractivity contribution in [3.63, 3.8) is 0 Å². The van der Waals surface area contributed by atoms with Gasteiger partial charge in [-0.2, -0.15) is 0 Å². The number of para-hydroxylation sites is 3. The third kappa shape index (κ3) is 9.34. The number of hydrogen-bond acceptors (Lipinski definition) is 5. The van der Waals surface area contributed by atoms with Gasteiger partial charge in [-0.3, -0.25) is 9.98 Å². The van der Waals surface area contributed by atoms with Crippen molar-refractivity contribution in [2.75, 3.05) is 4.90 Å². The van der Waals surface area contributed by atoms with E-state index in [4.69, 9.17) is 0 Å². The van der Waals surface area contributed by atoms with Crippen LogP contribution < -0.4 is 4.90 Å². The summed E-state index contributed by atoms with van der Waals surface area (Å²) in [5.41, 5.74) is 11.5. The number of benzene rings is 7. The van der Waals surface area contributed by atoms with E-state index >= 15 is 0 Å². The molecule has 0 bridgehead atoms. The summed E-state index contributed by atoms with van der Waals surface area (Å²) in [4.78, 5) is 11.3. The fourth-order valence-electron chi connectivity index (χ4n) is 6.20. The molecule has 7 aromatic carbocycles. The normalized spacial score (nSPS) is 11.3. The lowest BCUT2D eigenvalue weighted by molar-refractivity contribution is 0.474. The summed E-state index contributed by atoms with van der Waals surface area (Å²) in [5.74, 6) is 0.453. The van der Waals surface area contributed by atoms with E-state index < -0.39 is 0 Å². The third-order valence-corrected chi connectivity index (χ3v) is 9.26. The predicted octanol–water partition coefficient (Wildman–Crippen LogP) is 11.6. The smallest absolute Gasteiger partial charge is 0.124 e. The lowest BCUT2D eigenvalue weighted by Crippen LogP contribution is -2.10. The molecule has 0 aliphatic carbocycles. The van der Waals surface area contributed by atoms with E-state index in [1.165, 1.54) is 22.3 Å². The summed E-state index contributed by atoms with van der Waals surface area (Å²) in [5, 5.41) is 20.0. The Labute approximate surface area is 311 Å². The van der Waals surface area contributed by atoms with E-state index in [0.717, 1.165) is 54.1 Å². The number of aromatic hydroxyl groups is 2. The summed E-state index contributed by atoms with van der Waals surface area (Å²) in [6, 6.07) is 59.2. The van der Waals surface area contributed by atoms with Gasteiger partial charge in [-0.05, 0) is 133 Å². The average molecular weight is 692 g/mol. The molecule has 0 amide bonds. The molecular formula is C48H41N3O2. The fourth-order valence-corrected chi connectivity index (χ4v) is 6.20. The van der Waals surface area contributed by atoms with Gasteiger partial charge in [0.1, 0.15) is 11.5 Å². The Morgan fingerprint density at radius 2 is 0.679 bits per heavy atom. The monoisotopic (exact) mass is 691 g/mol. The molecule has 53 heavy (non-hydrogen) atoms. The van der Waals surface area contributed by atoms with E-state index in [9.17, 15) is 10.2 Å². The molecule has 260 valence electrons. The SMILES string of the molecule is Oc1ccccc1C=Nc1ccc(CCc2ccc(N(c3ccccc3)c3ccc(CCc4ccc(N=Cc5ccccc5O)cc4)cc3)cc2)cc1. The Morgan fingerprint density at radius 3 is 1.06 bits per heavy atom. The number of rotatable bonds is 13. The number of nitrogens with zero attached hydrogens (tertiary/aromatic N) is 3. The van der Waals surface area contributed by atoms with Crippen molar-refractivity contribution < 1.29 is 10.2 Å². The van der Waals surface area contributed by atoms with Gasteiger partial charge >= 0.3 is 0 Å². The number of aryl methyl sites for hydroxylation is 4. The van der Waals surface area contributed by atoms with Crippen LogP contribution in [-0.4, -0.2) is 22.6 Å². The average Bonchev–Trinajstić information content (AvgIpc) is 3.21. The van der Waals surface area contributed by atoms with Gasteiger partial charge < -0.3 is 15.1 Å². The topological polar surface area (TPSA) is 68.4 Å². The van der Waals surface area contributed by atoms with Crippen LogP contribution in [0.1, 0.15) is 33.4 Å². The van der Waals surface area contributed by atoms with E-state index in [1.807, 2.05) is 54.6 Å². The van der Waals surface area contributed by atoms with Crippen LogP contribution in [0.5, 0.6) is 11.5 Å². The van der Waals surface area contributed by atoms with Crippen molar-refractivity contribution >= 4 is 40.9 Å². The van der Waals surface area contributed by atoms with Crippen LogP contribution in [0.4, 0.5) is 28.4 Å². The van der Waals surface area contributed by atoms with Gasteiger partial charge in [0.2, 0.25) is 0 Å². The van der Waals surface area contributed by atoms with Gasteiger partial charge in [0.15, 0.2) is 0 Å². The Morgan fingerprint density at radius 1 is 0.358 bits per heavy atom. The first-order valence-electron chi connectivity index (χ1n) is 17.9. The number of hydrogen-bond donors (Lipinski definition) is 2. The first kappa shape index (κ1) is 34.7. The Balaban J connectivity index is 0.965. The zero-order valence-electron chi connectivity index (χ0n) is 29.5. The van der Waals surface area contributed by atoms with Crippen molar-refractivity contribution in [3.8, 4) is 11.5 Å². The summed E-state index contributed by atoms with van der Waals surface area (Å²) < 4.78 is 0. The van der Waals surface area contributed by atoms with Crippen molar-refractivity contribution in [3.05, 3.63) is 209 Å². The molecule has 7 rings (SSSR count). The minimum Gasteiger partial charge on any atom is -0.507 e. The second kappa shape index (κ2) is 17.0. The van der Waals surface area contributed by atoms with E-state index in [2.05, 4.69) is 112 Å². The molecule has 0 unspecified atom stereocenters. The highest BCUT2D eigenvalue weighted by Crippen LogP contribution is 2.35. The predicted molar refractivity (Wildman–Crippen MR) is 220 cm³/mol. The van der Waals surface area contributed by atoms with Crippen LogP contribution >= 0.6 is 0 Å². The van der Waals surface area contributed by atoms with Crippen molar-refractivity contribution in [2.45, 2.75) is 25.7 Å². The number of phenolic OH excluding ortho intramolecular Hbond substituents is 2. The van der Waals surface area contributed by atoms with E-state index in [0.29, 0.717) is 11.1 Å². The third-order valence-electron chi connectivity index (χ3n) is 9.26. The minimum absolute atomic E-state index is 0.226. The molecule has 0 radical (unpaired) electrons. The Hall–Kier alpha value is -6.72. The summed E-state index contributed by atoms with van der Waals surface area (Å²) in [7, 11) is 0. The molecule has 0 saturated carbocycles. The van der Waals surface area contributed by atoms with Crippen LogP contribution in [0.25, 0.3) is 0 Å². The maximum absolute atomic E-state index is 9.98. The lowest BCUT2D eigenvalue weighted by atomic mass is 10.0. The largest absolute Gasteiger partial charge is 0.507 e. The highest BCUT2D eigenvalue weighted by molar-refractivity contribution is 5.86. The van der Waals surface area contributed by atoms with Crippen LogP contribution in [0.3, 0.4) is 0 Å². The quantitative estimate of drug-likeness (QED) is 0.118. The second-order valence-corrected chi connectivity index (χ2v) is 13.0. The van der Waals surface area contributed by atoms with Gasteiger partial charge in [0.05, 0.1) is 11.4 Å². The van der Waals surface area contributed by atoms with Gasteiger partial charge in [0.25, 0.3) is 0 Å². The zero-order valence-corrected chi connectivity index (χ0v) is 29.5. The zero-order chi connectivity index (χ0) is 36.2. The summed E-state index contributed by atoms with van der Waals surface area (Å²) >= 11 is 0. The highest BCUT2D eigenvalue weighted by Gasteiger charge is 2.12. The molecule has 0 spiro atoms. The molecular weight excluding hydrogens is 651 g/mol. The number of aliphatic imine (C=N–C) groups is 2. The summed E-state index contributed by atoms with van der Waals surface area (Å²) in [6.45, 7) is 0. The summed E-state index contributed by atoms with van der Waals surface area (Å²) in [6.07, 6.45) is 7.14. The van der Waals surface area contributed by atoms with E-state index in [1.54, 1.807) is 36.7 Å². The first-order chi connectivity index (χ1) is 26.1. The van der Waals surface area contributed by atoms with Crippen LogP contribution in [0, 0.1) is 0 Å². The fraction of sp³-hybridized carbons (Fsp3) is 0.0833. The molecule has 5 nitrogen and oxygen atoms in total. The molecule has 0 saturated heterocycles. The molecule has 0 aliphatic heterocycles. The van der Waals surface area contributed by atoms with Crippen molar-refractivity contribution in [1.29, 1.82) is 0 Å².